The summed E-state index contributed by atoms with van der Waals surface area (Å²) in [6, 6.07) is 0.213. The molecule has 0 spiro atoms. The first-order chi connectivity index (χ1) is 7.18. The Morgan fingerprint density at radius 2 is 2.20 bits per heavy atom. The Hall–Kier alpha value is -0.610. The Morgan fingerprint density at radius 3 is 2.73 bits per heavy atom. The minimum atomic E-state index is 0.137. The molecule has 2 saturated heterocycles. The van der Waals surface area contributed by atoms with Gasteiger partial charge in [0.1, 0.15) is 0 Å². The molecule has 2 N–H and O–H groups in total. The van der Waals surface area contributed by atoms with Crippen LogP contribution in [0.3, 0.4) is 0 Å². The third-order valence-electron chi connectivity index (χ3n) is 3.56. The van der Waals surface area contributed by atoms with E-state index in [1.54, 1.807) is 0 Å². The van der Waals surface area contributed by atoms with Gasteiger partial charge in [-0.25, -0.2) is 0 Å². The maximum atomic E-state index is 12.0. The fraction of sp³-hybridized carbons (Fsp3) is 0.909. The van der Waals surface area contributed by atoms with Crippen LogP contribution in [0.2, 0.25) is 0 Å². The van der Waals surface area contributed by atoms with E-state index in [1.807, 2.05) is 6.92 Å². The lowest BCUT2D eigenvalue weighted by Gasteiger charge is -2.20. The van der Waals surface area contributed by atoms with Gasteiger partial charge in [-0.15, -0.1) is 0 Å². The smallest absolute Gasteiger partial charge is 0.225 e. The SMILES string of the molecule is CC1CNCC1C(=O)NC1CCOC1C. The summed E-state index contributed by atoms with van der Waals surface area (Å²) in [6.45, 7) is 6.68. The molecule has 2 aliphatic heterocycles. The van der Waals surface area contributed by atoms with Gasteiger partial charge in [0.2, 0.25) is 5.91 Å². The minimum absolute atomic E-state index is 0.137. The Labute approximate surface area is 90.8 Å². The standard InChI is InChI=1S/C11H20N2O2/c1-7-5-12-6-9(7)11(14)13-10-3-4-15-8(10)2/h7-10,12H,3-6H2,1-2H3,(H,13,14). The van der Waals surface area contributed by atoms with Crippen LogP contribution in [0.4, 0.5) is 0 Å². The molecule has 2 heterocycles. The summed E-state index contributed by atoms with van der Waals surface area (Å²) in [6.07, 6.45) is 1.11. The molecule has 4 nitrogen and oxygen atoms in total. The largest absolute Gasteiger partial charge is 0.376 e. The number of hydrogen-bond donors (Lipinski definition) is 2. The first-order valence-corrected chi connectivity index (χ1v) is 5.81. The van der Waals surface area contributed by atoms with Crippen LogP contribution in [0.25, 0.3) is 0 Å². The van der Waals surface area contributed by atoms with Gasteiger partial charge < -0.3 is 15.4 Å². The number of amides is 1. The van der Waals surface area contributed by atoms with Crippen molar-refractivity contribution in [2.75, 3.05) is 19.7 Å². The number of hydrogen-bond acceptors (Lipinski definition) is 3. The maximum Gasteiger partial charge on any atom is 0.225 e. The summed E-state index contributed by atoms with van der Waals surface area (Å²) in [5.74, 6) is 0.773. The second-order valence-corrected chi connectivity index (χ2v) is 4.72. The number of ether oxygens (including phenoxy) is 1. The number of nitrogens with one attached hydrogen (secondary N) is 2. The molecular weight excluding hydrogens is 192 g/mol. The lowest BCUT2D eigenvalue weighted by molar-refractivity contribution is -0.126. The molecule has 2 fully saturated rings. The molecule has 1 amide bonds. The van der Waals surface area contributed by atoms with Crippen LogP contribution in [0.15, 0.2) is 0 Å². The zero-order valence-corrected chi connectivity index (χ0v) is 9.45. The third kappa shape index (κ3) is 2.32. The molecule has 4 atom stereocenters. The normalized spacial score (nSPS) is 40.7. The van der Waals surface area contributed by atoms with Crippen LogP contribution < -0.4 is 10.6 Å². The van der Waals surface area contributed by atoms with Crippen molar-refractivity contribution in [2.24, 2.45) is 11.8 Å². The summed E-state index contributed by atoms with van der Waals surface area (Å²) in [4.78, 5) is 12.0. The van der Waals surface area contributed by atoms with Crippen LogP contribution in [-0.2, 0) is 9.53 Å². The molecule has 0 aromatic carbocycles. The fourth-order valence-electron chi connectivity index (χ4n) is 2.37. The monoisotopic (exact) mass is 212 g/mol. The van der Waals surface area contributed by atoms with Crippen molar-refractivity contribution in [3.8, 4) is 0 Å². The zero-order chi connectivity index (χ0) is 10.8. The summed E-state index contributed by atoms with van der Waals surface area (Å²) in [5.41, 5.74) is 0. The summed E-state index contributed by atoms with van der Waals surface area (Å²) in [7, 11) is 0. The van der Waals surface area contributed by atoms with Gasteiger partial charge in [0.05, 0.1) is 18.1 Å². The van der Waals surface area contributed by atoms with Gasteiger partial charge in [0, 0.05) is 13.2 Å². The highest BCUT2D eigenvalue weighted by molar-refractivity contribution is 5.80. The first-order valence-electron chi connectivity index (χ1n) is 5.81. The quantitative estimate of drug-likeness (QED) is 0.684. The van der Waals surface area contributed by atoms with Gasteiger partial charge in [-0.2, -0.15) is 0 Å². The van der Waals surface area contributed by atoms with Gasteiger partial charge in [-0.3, -0.25) is 4.79 Å². The minimum Gasteiger partial charge on any atom is -0.376 e. The van der Waals surface area contributed by atoms with Crippen molar-refractivity contribution in [3.05, 3.63) is 0 Å². The van der Waals surface area contributed by atoms with Crippen LogP contribution in [0.5, 0.6) is 0 Å². The molecule has 0 radical (unpaired) electrons. The predicted octanol–water partition coefficient (Wildman–Crippen LogP) is 0.136. The van der Waals surface area contributed by atoms with Gasteiger partial charge >= 0.3 is 0 Å². The van der Waals surface area contributed by atoms with Gasteiger partial charge in [0.25, 0.3) is 0 Å². The molecule has 86 valence electrons. The van der Waals surface area contributed by atoms with E-state index < -0.39 is 0 Å². The molecule has 0 bridgehead atoms. The van der Waals surface area contributed by atoms with Crippen molar-refractivity contribution < 1.29 is 9.53 Å². The molecule has 0 aromatic heterocycles. The summed E-state index contributed by atoms with van der Waals surface area (Å²) >= 11 is 0. The van der Waals surface area contributed by atoms with Crippen molar-refractivity contribution >= 4 is 5.91 Å². The van der Waals surface area contributed by atoms with E-state index in [1.165, 1.54) is 0 Å². The van der Waals surface area contributed by atoms with Crippen molar-refractivity contribution in [2.45, 2.75) is 32.4 Å². The first kappa shape index (κ1) is 10.9. The van der Waals surface area contributed by atoms with Crippen molar-refractivity contribution in [3.63, 3.8) is 0 Å². The molecule has 2 aliphatic rings. The topological polar surface area (TPSA) is 50.4 Å². The van der Waals surface area contributed by atoms with E-state index in [2.05, 4.69) is 17.6 Å². The van der Waals surface area contributed by atoms with Gasteiger partial charge in [-0.1, -0.05) is 6.92 Å². The lowest BCUT2D eigenvalue weighted by atomic mass is 9.96. The Kier molecular flexibility index (Phi) is 3.26. The Bertz CT molecular complexity index is 245. The molecular formula is C11H20N2O2. The van der Waals surface area contributed by atoms with Crippen LogP contribution >= 0.6 is 0 Å². The molecule has 15 heavy (non-hydrogen) atoms. The van der Waals surface area contributed by atoms with E-state index in [-0.39, 0.29) is 24.0 Å². The predicted molar refractivity (Wildman–Crippen MR) is 57.5 cm³/mol. The van der Waals surface area contributed by atoms with E-state index in [4.69, 9.17) is 4.74 Å². The van der Waals surface area contributed by atoms with E-state index in [0.717, 1.165) is 26.1 Å². The number of carbonyl (C=O) groups excluding carboxylic acids is 1. The number of rotatable bonds is 2. The Morgan fingerprint density at radius 1 is 1.40 bits per heavy atom. The molecule has 2 rings (SSSR count). The van der Waals surface area contributed by atoms with Crippen LogP contribution in [0.1, 0.15) is 20.3 Å². The molecule has 4 heteroatoms. The maximum absolute atomic E-state index is 12.0. The van der Waals surface area contributed by atoms with Gasteiger partial charge in [0.15, 0.2) is 0 Å². The highest BCUT2D eigenvalue weighted by Gasteiger charge is 2.33. The van der Waals surface area contributed by atoms with Gasteiger partial charge in [-0.05, 0) is 25.8 Å². The molecule has 0 saturated carbocycles. The Balaban J connectivity index is 1.86. The van der Waals surface area contributed by atoms with Crippen LogP contribution in [-0.4, -0.2) is 37.7 Å². The van der Waals surface area contributed by atoms with Crippen molar-refractivity contribution in [1.82, 2.24) is 10.6 Å². The highest BCUT2D eigenvalue weighted by atomic mass is 16.5. The highest BCUT2D eigenvalue weighted by Crippen LogP contribution is 2.18. The zero-order valence-electron chi connectivity index (χ0n) is 9.45. The molecule has 4 unspecified atom stereocenters. The van der Waals surface area contributed by atoms with E-state index in [9.17, 15) is 4.79 Å². The molecule has 0 aliphatic carbocycles. The average Bonchev–Trinajstić information content (AvgIpc) is 2.76. The van der Waals surface area contributed by atoms with Crippen molar-refractivity contribution in [1.29, 1.82) is 0 Å². The number of carbonyl (C=O) groups is 1. The fourth-order valence-corrected chi connectivity index (χ4v) is 2.37. The van der Waals surface area contributed by atoms with Crippen LogP contribution in [0, 0.1) is 11.8 Å². The third-order valence-corrected chi connectivity index (χ3v) is 3.56. The lowest BCUT2D eigenvalue weighted by Crippen LogP contribution is -2.44. The molecule has 0 aromatic rings. The summed E-state index contributed by atoms with van der Waals surface area (Å²) in [5, 5.41) is 6.34. The average molecular weight is 212 g/mol. The van der Waals surface area contributed by atoms with E-state index >= 15 is 0 Å². The van der Waals surface area contributed by atoms with E-state index in [0.29, 0.717) is 5.92 Å². The summed E-state index contributed by atoms with van der Waals surface area (Å²) < 4.78 is 5.43. The second kappa shape index (κ2) is 4.49. The second-order valence-electron chi connectivity index (χ2n) is 4.72.